The second-order valence-corrected chi connectivity index (χ2v) is 7.46. The third kappa shape index (κ3) is 4.43. The van der Waals surface area contributed by atoms with Crippen LogP contribution in [0.25, 0.3) is 0 Å². The standard InChI is InChI=1S/C17H18OS2/c1-12-4-8-15(9-5-12)19-17(14(3)18)20-16-10-6-13(2)7-11-16/h4-11,17H,1-3H3. The number of hydrogen-bond acceptors (Lipinski definition) is 3. The number of carbonyl (C=O) groups is 1. The van der Waals surface area contributed by atoms with Crippen molar-refractivity contribution in [3.05, 3.63) is 59.7 Å². The molecule has 20 heavy (non-hydrogen) atoms. The highest BCUT2D eigenvalue weighted by Gasteiger charge is 2.17. The van der Waals surface area contributed by atoms with Crippen molar-refractivity contribution in [3.8, 4) is 0 Å². The number of ketones is 1. The van der Waals surface area contributed by atoms with Gasteiger partial charge in [-0.05, 0) is 45.0 Å². The van der Waals surface area contributed by atoms with Crippen LogP contribution < -0.4 is 0 Å². The molecule has 0 bridgehead atoms. The van der Waals surface area contributed by atoms with Gasteiger partial charge in [0.2, 0.25) is 0 Å². The minimum absolute atomic E-state index is 0.0968. The van der Waals surface area contributed by atoms with E-state index in [1.54, 1.807) is 30.4 Å². The Labute approximate surface area is 129 Å². The van der Waals surface area contributed by atoms with Crippen LogP contribution in [0.4, 0.5) is 0 Å². The third-order valence-electron chi connectivity index (χ3n) is 2.86. The predicted molar refractivity (Wildman–Crippen MR) is 88.5 cm³/mol. The summed E-state index contributed by atoms with van der Waals surface area (Å²) in [5.74, 6) is 0.196. The molecule has 2 rings (SSSR count). The van der Waals surface area contributed by atoms with Crippen LogP contribution in [0.3, 0.4) is 0 Å². The lowest BCUT2D eigenvalue weighted by Crippen LogP contribution is -2.08. The van der Waals surface area contributed by atoms with Crippen LogP contribution in [0, 0.1) is 13.8 Å². The molecule has 0 aliphatic rings. The van der Waals surface area contributed by atoms with E-state index in [0.29, 0.717) is 0 Å². The summed E-state index contributed by atoms with van der Waals surface area (Å²) in [4.78, 5) is 14.1. The maximum Gasteiger partial charge on any atom is 0.153 e. The highest BCUT2D eigenvalue weighted by molar-refractivity contribution is 8.18. The molecule has 2 aromatic carbocycles. The van der Waals surface area contributed by atoms with Crippen molar-refractivity contribution in [3.63, 3.8) is 0 Å². The quantitative estimate of drug-likeness (QED) is 0.565. The Balaban J connectivity index is 2.09. The molecule has 0 saturated carbocycles. The Hall–Kier alpha value is -1.19. The fourth-order valence-electron chi connectivity index (χ4n) is 1.67. The number of rotatable bonds is 5. The van der Waals surface area contributed by atoms with Crippen LogP contribution >= 0.6 is 23.5 Å². The van der Waals surface area contributed by atoms with Crippen LogP contribution in [0.2, 0.25) is 0 Å². The van der Waals surface area contributed by atoms with Crippen LogP contribution in [-0.2, 0) is 4.79 Å². The molecule has 0 aromatic heterocycles. The van der Waals surface area contributed by atoms with Crippen molar-refractivity contribution in [1.29, 1.82) is 0 Å². The second kappa shape index (κ2) is 7.00. The van der Waals surface area contributed by atoms with Crippen molar-refractivity contribution in [2.45, 2.75) is 35.1 Å². The Bertz CT molecular complexity index is 525. The average Bonchev–Trinajstić information content (AvgIpc) is 2.42. The van der Waals surface area contributed by atoms with E-state index < -0.39 is 0 Å². The van der Waals surface area contributed by atoms with Gasteiger partial charge < -0.3 is 0 Å². The first-order chi connectivity index (χ1) is 9.54. The molecular formula is C17H18OS2. The molecule has 0 fully saturated rings. The van der Waals surface area contributed by atoms with Gasteiger partial charge in [0.05, 0.1) is 0 Å². The zero-order valence-electron chi connectivity index (χ0n) is 11.9. The van der Waals surface area contributed by atoms with Crippen LogP contribution in [0.5, 0.6) is 0 Å². The lowest BCUT2D eigenvalue weighted by atomic mass is 10.2. The van der Waals surface area contributed by atoms with E-state index >= 15 is 0 Å². The van der Waals surface area contributed by atoms with Gasteiger partial charge in [0.1, 0.15) is 4.58 Å². The summed E-state index contributed by atoms with van der Waals surface area (Å²) in [6, 6.07) is 16.6. The Kier molecular flexibility index (Phi) is 5.32. The normalized spacial score (nSPS) is 10.8. The predicted octanol–water partition coefficient (Wildman–Crippen LogP) is 5.10. The summed E-state index contributed by atoms with van der Waals surface area (Å²) in [7, 11) is 0. The molecule has 1 nitrogen and oxygen atoms in total. The molecule has 0 N–H and O–H groups in total. The van der Waals surface area contributed by atoms with Gasteiger partial charge in [-0.2, -0.15) is 0 Å². The summed E-state index contributed by atoms with van der Waals surface area (Å²) >= 11 is 3.24. The molecule has 0 aliphatic carbocycles. The minimum atomic E-state index is -0.0968. The highest BCUT2D eigenvalue weighted by atomic mass is 32.2. The lowest BCUT2D eigenvalue weighted by molar-refractivity contribution is -0.115. The Morgan fingerprint density at radius 1 is 0.800 bits per heavy atom. The van der Waals surface area contributed by atoms with Crippen molar-refractivity contribution in [1.82, 2.24) is 0 Å². The molecule has 0 atom stereocenters. The van der Waals surface area contributed by atoms with E-state index in [2.05, 4.69) is 62.4 Å². The van der Waals surface area contributed by atoms with E-state index in [1.807, 2.05) is 0 Å². The smallest absolute Gasteiger partial charge is 0.153 e. The van der Waals surface area contributed by atoms with Gasteiger partial charge in [0.15, 0.2) is 5.78 Å². The summed E-state index contributed by atoms with van der Waals surface area (Å²) in [5, 5.41) is 0. The van der Waals surface area contributed by atoms with E-state index in [4.69, 9.17) is 0 Å². The van der Waals surface area contributed by atoms with E-state index in [-0.39, 0.29) is 10.4 Å². The van der Waals surface area contributed by atoms with Crippen molar-refractivity contribution in [2.75, 3.05) is 0 Å². The molecule has 3 heteroatoms. The molecule has 0 saturated heterocycles. The van der Waals surface area contributed by atoms with Gasteiger partial charge in [0.25, 0.3) is 0 Å². The molecular weight excluding hydrogens is 284 g/mol. The molecule has 2 aromatic rings. The number of aryl methyl sites for hydroxylation is 2. The molecule has 0 spiro atoms. The summed E-state index contributed by atoms with van der Waals surface area (Å²) in [6.45, 7) is 5.79. The summed E-state index contributed by atoms with van der Waals surface area (Å²) in [6.07, 6.45) is 0. The van der Waals surface area contributed by atoms with Crippen molar-refractivity contribution < 1.29 is 4.79 Å². The Morgan fingerprint density at radius 2 is 1.15 bits per heavy atom. The number of benzene rings is 2. The van der Waals surface area contributed by atoms with Crippen molar-refractivity contribution >= 4 is 29.3 Å². The largest absolute Gasteiger partial charge is 0.298 e. The van der Waals surface area contributed by atoms with Gasteiger partial charge in [-0.25, -0.2) is 0 Å². The van der Waals surface area contributed by atoms with Crippen LogP contribution in [0.15, 0.2) is 58.3 Å². The summed E-state index contributed by atoms with van der Waals surface area (Å²) < 4.78 is -0.0968. The maximum absolute atomic E-state index is 11.8. The first-order valence-corrected chi connectivity index (χ1v) is 8.27. The van der Waals surface area contributed by atoms with Crippen LogP contribution in [0.1, 0.15) is 18.1 Å². The van der Waals surface area contributed by atoms with Crippen molar-refractivity contribution in [2.24, 2.45) is 0 Å². The third-order valence-corrected chi connectivity index (χ3v) is 5.62. The monoisotopic (exact) mass is 302 g/mol. The van der Waals surface area contributed by atoms with Gasteiger partial charge in [-0.15, -0.1) is 23.5 Å². The van der Waals surface area contributed by atoms with Gasteiger partial charge in [0, 0.05) is 9.79 Å². The molecule has 0 radical (unpaired) electrons. The lowest BCUT2D eigenvalue weighted by Gasteiger charge is -2.13. The topological polar surface area (TPSA) is 17.1 Å². The zero-order chi connectivity index (χ0) is 14.5. The number of carbonyl (C=O) groups excluding carboxylic acids is 1. The number of Topliss-reactive ketones (excluding diaryl/α,β-unsaturated/α-hetero) is 1. The first kappa shape index (κ1) is 15.2. The van der Waals surface area contributed by atoms with E-state index in [9.17, 15) is 4.79 Å². The van der Waals surface area contributed by atoms with Crippen LogP contribution in [-0.4, -0.2) is 10.4 Å². The fraction of sp³-hybridized carbons (Fsp3) is 0.235. The maximum atomic E-state index is 11.8. The Morgan fingerprint density at radius 3 is 1.45 bits per heavy atom. The van der Waals surface area contributed by atoms with E-state index in [0.717, 1.165) is 9.79 Å². The number of hydrogen-bond donors (Lipinski definition) is 0. The fourth-order valence-corrected chi connectivity index (χ4v) is 3.94. The molecule has 0 amide bonds. The average molecular weight is 302 g/mol. The number of thioether (sulfide) groups is 2. The molecule has 0 heterocycles. The molecule has 0 unspecified atom stereocenters. The molecule has 0 aliphatic heterocycles. The van der Waals surface area contributed by atoms with Gasteiger partial charge >= 0.3 is 0 Å². The van der Waals surface area contributed by atoms with Gasteiger partial charge in [-0.3, -0.25) is 4.79 Å². The second-order valence-electron chi connectivity index (χ2n) is 4.80. The van der Waals surface area contributed by atoms with Gasteiger partial charge in [-0.1, -0.05) is 35.4 Å². The minimum Gasteiger partial charge on any atom is -0.298 e. The van der Waals surface area contributed by atoms with E-state index in [1.165, 1.54) is 11.1 Å². The SMILES string of the molecule is CC(=O)C(Sc1ccc(C)cc1)Sc1ccc(C)cc1. The molecule has 104 valence electrons. The summed E-state index contributed by atoms with van der Waals surface area (Å²) in [5.41, 5.74) is 2.47. The zero-order valence-corrected chi connectivity index (χ0v) is 13.6. The highest BCUT2D eigenvalue weighted by Crippen LogP contribution is 2.36. The first-order valence-electron chi connectivity index (χ1n) is 6.52.